The molecule has 20 heavy (non-hydrogen) atoms. The lowest BCUT2D eigenvalue weighted by molar-refractivity contribution is -0.119. The van der Waals surface area contributed by atoms with E-state index in [-0.39, 0.29) is 19.1 Å². The van der Waals surface area contributed by atoms with Crippen molar-refractivity contribution < 1.29 is 19.1 Å². The number of hydrogen-bond acceptors (Lipinski definition) is 4. The Morgan fingerprint density at radius 3 is 2.40 bits per heavy atom. The first-order valence-corrected chi connectivity index (χ1v) is 6.70. The number of carbonyl (C=O) groups is 2. The zero-order chi connectivity index (χ0) is 14.8. The fourth-order valence-corrected chi connectivity index (χ4v) is 2.05. The third-order valence-electron chi connectivity index (χ3n) is 2.84. The summed E-state index contributed by atoms with van der Waals surface area (Å²) in [5.74, 6) is -0.581. The molecule has 1 fully saturated rings. The van der Waals surface area contributed by atoms with Gasteiger partial charge in [-0.1, -0.05) is 0 Å². The summed E-state index contributed by atoms with van der Waals surface area (Å²) in [7, 11) is 0. The Balaban J connectivity index is 1.83. The van der Waals surface area contributed by atoms with Crippen LogP contribution in [0.2, 0.25) is 0 Å². The molecule has 7 heteroatoms. The molecular weight excluding hydrogens is 305 g/mol. The Morgan fingerprint density at radius 2 is 1.90 bits per heavy atom. The molecule has 2 rings (SSSR count). The second kappa shape index (κ2) is 5.89. The normalized spacial score (nSPS) is 19.2. The number of carbonyl (C=O) groups excluding carboxylic acids is 2. The van der Waals surface area contributed by atoms with Crippen molar-refractivity contribution in [3.05, 3.63) is 29.8 Å². The van der Waals surface area contributed by atoms with E-state index in [4.69, 9.17) is 38.4 Å². The van der Waals surface area contributed by atoms with Crippen LogP contribution in [0.5, 0.6) is 5.75 Å². The quantitative estimate of drug-likeness (QED) is 0.642. The third-order valence-corrected chi connectivity index (χ3v) is 3.77. The van der Waals surface area contributed by atoms with Crippen LogP contribution in [-0.2, 0) is 9.53 Å². The summed E-state index contributed by atoms with van der Waals surface area (Å²) < 4.78 is 9.42. The van der Waals surface area contributed by atoms with E-state index >= 15 is 0 Å². The number of nitrogens with two attached hydrogens (primary N) is 1. The maximum atomic E-state index is 11.7. The van der Waals surface area contributed by atoms with Gasteiger partial charge in [0.05, 0.1) is 12.2 Å². The van der Waals surface area contributed by atoms with Gasteiger partial charge in [-0.3, -0.25) is 4.79 Å². The maximum Gasteiger partial charge on any atom is 0.338 e. The first-order chi connectivity index (χ1) is 9.38. The smallest absolute Gasteiger partial charge is 0.338 e. The summed E-state index contributed by atoms with van der Waals surface area (Å²) in [6, 6.07) is 6.20. The lowest BCUT2D eigenvalue weighted by atomic mass is 10.2. The summed E-state index contributed by atoms with van der Waals surface area (Å²) in [4.78, 5) is 22.3. The summed E-state index contributed by atoms with van der Waals surface area (Å²) in [6.07, 6.45) is 0.628. The van der Waals surface area contributed by atoms with Crippen LogP contribution in [0, 0.1) is 5.92 Å². The summed E-state index contributed by atoms with van der Waals surface area (Å²) in [5, 5.41) is 0. The van der Waals surface area contributed by atoms with E-state index in [1.54, 1.807) is 24.3 Å². The average molecular weight is 318 g/mol. The second-order valence-electron chi connectivity index (χ2n) is 4.54. The average Bonchev–Trinajstić information content (AvgIpc) is 3.02. The van der Waals surface area contributed by atoms with Crippen molar-refractivity contribution in [2.75, 3.05) is 13.2 Å². The summed E-state index contributed by atoms with van der Waals surface area (Å²) in [6.45, 7) is -0.00917. The SMILES string of the molecule is NC(=O)COc1ccc(C(=O)OCC2CC2(Cl)Cl)cc1. The van der Waals surface area contributed by atoms with Crippen LogP contribution in [0.1, 0.15) is 16.8 Å². The number of amides is 1. The van der Waals surface area contributed by atoms with Crippen LogP contribution in [0.3, 0.4) is 0 Å². The van der Waals surface area contributed by atoms with Crippen LogP contribution in [0.15, 0.2) is 24.3 Å². The monoisotopic (exact) mass is 317 g/mol. The third kappa shape index (κ3) is 4.02. The molecule has 0 radical (unpaired) electrons. The summed E-state index contributed by atoms with van der Waals surface area (Å²) >= 11 is 11.7. The molecule has 1 saturated carbocycles. The number of benzene rings is 1. The largest absolute Gasteiger partial charge is 0.484 e. The zero-order valence-electron chi connectivity index (χ0n) is 10.5. The lowest BCUT2D eigenvalue weighted by Gasteiger charge is -2.06. The predicted octanol–water partition coefficient (Wildman–Crippen LogP) is 1.90. The second-order valence-corrected chi connectivity index (χ2v) is 6.08. The molecule has 1 aromatic carbocycles. The van der Waals surface area contributed by atoms with E-state index in [0.717, 1.165) is 0 Å². The van der Waals surface area contributed by atoms with Crippen LogP contribution in [-0.4, -0.2) is 29.4 Å². The lowest BCUT2D eigenvalue weighted by Crippen LogP contribution is -2.20. The topological polar surface area (TPSA) is 78.6 Å². The molecule has 1 aliphatic rings. The van der Waals surface area contributed by atoms with E-state index in [1.165, 1.54) is 0 Å². The van der Waals surface area contributed by atoms with Crippen molar-refractivity contribution in [1.29, 1.82) is 0 Å². The highest BCUT2D eigenvalue weighted by Crippen LogP contribution is 2.53. The van der Waals surface area contributed by atoms with Crippen LogP contribution in [0.25, 0.3) is 0 Å². The van der Waals surface area contributed by atoms with Gasteiger partial charge in [-0.15, -0.1) is 23.2 Å². The first kappa shape index (κ1) is 14.9. The van der Waals surface area contributed by atoms with Crippen molar-refractivity contribution in [3.63, 3.8) is 0 Å². The van der Waals surface area contributed by atoms with Gasteiger partial charge < -0.3 is 15.2 Å². The van der Waals surface area contributed by atoms with E-state index in [9.17, 15) is 9.59 Å². The van der Waals surface area contributed by atoms with Gasteiger partial charge in [0.25, 0.3) is 5.91 Å². The molecule has 1 unspecified atom stereocenters. The fraction of sp³-hybridized carbons (Fsp3) is 0.385. The number of ether oxygens (including phenoxy) is 2. The van der Waals surface area contributed by atoms with Crippen molar-refractivity contribution in [1.82, 2.24) is 0 Å². The molecule has 2 N–H and O–H groups in total. The molecular formula is C13H13Cl2NO4. The van der Waals surface area contributed by atoms with Gasteiger partial charge in [0, 0.05) is 5.92 Å². The van der Waals surface area contributed by atoms with Gasteiger partial charge in [0.2, 0.25) is 0 Å². The van der Waals surface area contributed by atoms with Crippen LogP contribution >= 0.6 is 23.2 Å². The predicted molar refractivity (Wildman–Crippen MR) is 74.0 cm³/mol. The van der Waals surface area contributed by atoms with Gasteiger partial charge in [0.1, 0.15) is 10.1 Å². The van der Waals surface area contributed by atoms with Crippen molar-refractivity contribution in [2.24, 2.45) is 11.7 Å². The Labute approximate surface area is 125 Å². The van der Waals surface area contributed by atoms with Crippen molar-refractivity contribution in [3.8, 4) is 5.75 Å². The van der Waals surface area contributed by atoms with Gasteiger partial charge in [-0.25, -0.2) is 4.79 Å². The fourth-order valence-electron chi connectivity index (χ4n) is 1.55. The highest BCUT2D eigenvalue weighted by Gasteiger charge is 2.52. The van der Waals surface area contributed by atoms with Gasteiger partial charge in [0.15, 0.2) is 6.61 Å². The van der Waals surface area contributed by atoms with Crippen molar-refractivity contribution >= 4 is 35.1 Å². The van der Waals surface area contributed by atoms with Crippen LogP contribution in [0.4, 0.5) is 0 Å². The Hall–Kier alpha value is -1.46. The molecule has 0 saturated heterocycles. The molecule has 0 spiro atoms. The molecule has 0 heterocycles. The Bertz CT molecular complexity index is 516. The minimum Gasteiger partial charge on any atom is -0.484 e. The van der Waals surface area contributed by atoms with Crippen LogP contribution < -0.4 is 10.5 Å². The Morgan fingerprint density at radius 1 is 1.30 bits per heavy atom. The number of esters is 1. The molecule has 0 aromatic heterocycles. The van der Waals surface area contributed by atoms with Gasteiger partial charge in [-0.2, -0.15) is 0 Å². The first-order valence-electron chi connectivity index (χ1n) is 5.94. The van der Waals surface area contributed by atoms with E-state index in [2.05, 4.69) is 0 Å². The molecule has 108 valence electrons. The highest BCUT2D eigenvalue weighted by atomic mass is 35.5. The number of rotatable bonds is 6. The highest BCUT2D eigenvalue weighted by molar-refractivity contribution is 6.50. The standard InChI is InChI=1S/C13H13Cl2NO4/c14-13(15)5-9(13)6-20-12(18)8-1-3-10(4-2-8)19-7-11(16)17/h1-4,9H,5-7H2,(H2,16,17). The minimum atomic E-state index is -0.757. The maximum absolute atomic E-state index is 11.7. The summed E-state index contributed by atoms with van der Waals surface area (Å²) in [5.41, 5.74) is 5.34. The van der Waals surface area contributed by atoms with Gasteiger partial charge >= 0.3 is 5.97 Å². The minimum absolute atomic E-state index is 0.00652. The molecule has 1 aromatic rings. The molecule has 0 bridgehead atoms. The number of hydrogen-bond donors (Lipinski definition) is 1. The molecule has 1 aliphatic carbocycles. The molecule has 0 aliphatic heterocycles. The molecule has 1 atom stereocenters. The van der Waals surface area contributed by atoms with E-state index < -0.39 is 16.2 Å². The number of alkyl halides is 2. The van der Waals surface area contributed by atoms with E-state index in [0.29, 0.717) is 17.7 Å². The van der Waals surface area contributed by atoms with Crippen molar-refractivity contribution in [2.45, 2.75) is 10.8 Å². The van der Waals surface area contributed by atoms with Gasteiger partial charge in [-0.05, 0) is 30.7 Å². The molecule has 5 nitrogen and oxygen atoms in total. The molecule has 1 amide bonds. The Kier molecular flexibility index (Phi) is 4.40. The number of halogens is 2. The number of primary amides is 1. The van der Waals surface area contributed by atoms with E-state index in [1.807, 2.05) is 0 Å². The zero-order valence-corrected chi connectivity index (χ0v) is 12.0.